The highest BCUT2D eigenvalue weighted by molar-refractivity contribution is 7.89. The summed E-state index contributed by atoms with van der Waals surface area (Å²) in [6.07, 6.45) is 1.05. The van der Waals surface area contributed by atoms with Crippen LogP contribution in [-0.4, -0.2) is 48.8 Å². The highest BCUT2D eigenvalue weighted by Gasteiger charge is 2.28. The molecule has 25 heavy (non-hydrogen) atoms. The number of benzene rings is 1. The molecule has 2 aromatic rings. The van der Waals surface area contributed by atoms with E-state index in [1.807, 2.05) is 23.0 Å². The summed E-state index contributed by atoms with van der Waals surface area (Å²) in [6.45, 7) is 7.62. The van der Waals surface area contributed by atoms with Crippen molar-refractivity contribution >= 4 is 21.4 Å². The highest BCUT2D eigenvalue weighted by Crippen LogP contribution is 2.23. The summed E-state index contributed by atoms with van der Waals surface area (Å²) in [5.41, 5.74) is 4.08. The second-order valence-corrected chi connectivity index (χ2v) is 9.19. The van der Waals surface area contributed by atoms with E-state index in [2.05, 4.69) is 23.7 Å². The first-order chi connectivity index (χ1) is 12.0. The van der Waals surface area contributed by atoms with E-state index in [0.717, 1.165) is 31.7 Å². The number of thiazole rings is 1. The topological polar surface area (TPSA) is 53.5 Å². The van der Waals surface area contributed by atoms with E-state index in [1.165, 1.54) is 5.56 Å². The molecule has 1 saturated heterocycles. The van der Waals surface area contributed by atoms with E-state index in [1.54, 1.807) is 27.8 Å². The summed E-state index contributed by atoms with van der Waals surface area (Å²) >= 11 is 1.59. The normalized spacial score (nSPS) is 18.3. The Hall–Kier alpha value is -1.28. The third-order valence-electron chi connectivity index (χ3n) is 4.90. The summed E-state index contributed by atoms with van der Waals surface area (Å²) in [5, 5.41) is 2.04. The summed E-state index contributed by atoms with van der Waals surface area (Å²) in [6, 6.07) is 7.38. The largest absolute Gasteiger partial charge is 0.295 e. The smallest absolute Gasteiger partial charge is 0.243 e. The van der Waals surface area contributed by atoms with Crippen molar-refractivity contribution in [1.82, 2.24) is 14.2 Å². The fourth-order valence-electron chi connectivity index (χ4n) is 3.03. The van der Waals surface area contributed by atoms with Crippen molar-refractivity contribution in [1.29, 1.82) is 0 Å². The molecule has 2 heterocycles. The molecule has 0 N–H and O–H groups in total. The fourth-order valence-corrected chi connectivity index (χ4v) is 5.00. The van der Waals surface area contributed by atoms with Crippen molar-refractivity contribution in [2.75, 3.05) is 26.2 Å². The minimum atomic E-state index is -3.40. The maximum absolute atomic E-state index is 12.9. The predicted octanol–water partition coefficient (Wildman–Crippen LogP) is 3.16. The molecule has 1 fully saturated rings. The zero-order chi connectivity index (χ0) is 17.9. The number of hydrogen-bond donors (Lipinski definition) is 0. The van der Waals surface area contributed by atoms with Gasteiger partial charge in [-0.2, -0.15) is 4.31 Å². The van der Waals surface area contributed by atoms with Crippen molar-refractivity contribution in [3.05, 3.63) is 46.4 Å². The van der Waals surface area contributed by atoms with Crippen molar-refractivity contribution in [3.8, 4) is 0 Å². The maximum atomic E-state index is 12.9. The minimum absolute atomic E-state index is 0.396. The SMILES string of the molecule is CC[C@@H](C)c1ccc(S(=O)(=O)N2CCN(Cc3cscn3)CC2)cc1. The zero-order valence-electron chi connectivity index (χ0n) is 14.8. The average Bonchev–Trinajstić information content (AvgIpc) is 3.14. The van der Waals surface area contributed by atoms with Gasteiger partial charge in [0, 0.05) is 38.1 Å². The van der Waals surface area contributed by atoms with Crippen LogP contribution in [-0.2, 0) is 16.6 Å². The maximum Gasteiger partial charge on any atom is 0.243 e. The lowest BCUT2D eigenvalue weighted by Gasteiger charge is -2.33. The molecular formula is C18H25N3O2S2. The van der Waals surface area contributed by atoms with Gasteiger partial charge in [0.15, 0.2) is 0 Å². The van der Waals surface area contributed by atoms with Gasteiger partial charge in [-0.15, -0.1) is 11.3 Å². The molecule has 0 saturated carbocycles. The van der Waals surface area contributed by atoms with Crippen LogP contribution in [0.25, 0.3) is 0 Å². The fraction of sp³-hybridized carbons (Fsp3) is 0.500. The first-order valence-electron chi connectivity index (χ1n) is 8.70. The van der Waals surface area contributed by atoms with Crippen molar-refractivity contribution in [2.24, 2.45) is 0 Å². The molecule has 5 nitrogen and oxygen atoms in total. The van der Waals surface area contributed by atoms with Gasteiger partial charge in [0.2, 0.25) is 10.0 Å². The summed E-state index contributed by atoms with van der Waals surface area (Å²) in [5.74, 6) is 0.450. The Morgan fingerprint density at radius 3 is 2.40 bits per heavy atom. The Balaban J connectivity index is 1.63. The Morgan fingerprint density at radius 2 is 1.84 bits per heavy atom. The second kappa shape index (κ2) is 7.95. The van der Waals surface area contributed by atoms with Gasteiger partial charge < -0.3 is 0 Å². The molecule has 1 aliphatic heterocycles. The molecule has 136 valence electrons. The van der Waals surface area contributed by atoms with E-state index < -0.39 is 10.0 Å². The quantitative estimate of drug-likeness (QED) is 0.774. The first kappa shape index (κ1) is 18.5. The van der Waals surface area contributed by atoms with E-state index >= 15 is 0 Å². The molecule has 1 aliphatic rings. The molecule has 3 rings (SSSR count). The lowest BCUT2D eigenvalue weighted by atomic mass is 9.99. The van der Waals surface area contributed by atoms with E-state index in [0.29, 0.717) is 23.9 Å². The molecule has 1 aromatic carbocycles. The van der Waals surface area contributed by atoms with Gasteiger partial charge in [-0.25, -0.2) is 13.4 Å². The lowest BCUT2D eigenvalue weighted by Crippen LogP contribution is -2.48. The van der Waals surface area contributed by atoms with Crippen LogP contribution in [0.5, 0.6) is 0 Å². The number of aromatic nitrogens is 1. The van der Waals surface area contributed by atoms with Gasteiger partial charge in [0.1, 0.15) is 0 Å². The van der Waals surface area contributed by atoms with Crippen molar-refractivity contribution < 1.29 is 8.42 Å². The number of sulfonamides is 1. The molecule has 1 aromatic heterocycles. The highest BCUT2D eigenvalue weighted by atomic mass is 32.2. The summed E-state index contributed by atoms with van der Waals surface area (Å²) in [7, 11) is -3.40. The van der Waals surface area contributed by atoms with Crippen LogP contribution >= 0.6 is 11.3 Å². The minimum Gasteiger partial charge on any atom is -0.295 e. The van der Waals surface area contributed by atoms with E-state index in [-0.39, 0.29) is 0 Å². The van der Waals surface area contributed by atoms with Gasteiger partial charge in [-0.3, -0.25) is 4.90 Å². The molecule has 0 radical (unpaired) electrons. The number of nitrogens with zero attached hydrogens (tertiary/aromatic N) is 3. The molecule has 0 unspecified atom stereocenters. The third-order valence-corrected chi connectivity index (χ3v) is 7.45. The molecule has 1 atom stereocenters. The molecule has 0 aliphatic carbocycles. The van der Waals surface area contributed by atoms with Crippen molar-refractivity contribution in [3.63, 3.8) is 0 Å². The molecule has 0 amide bonds. The van der Waals surface area contributed by atoms with Gasteiger partial charge >= 0.3 is 0 Å². The van der Waals surface area contributed by atoms with Crippen LogP contribution in [0.15, 0.2) is 40.1 Å². The average molecular weight is 380 g/mol. The number of hydrogen-bond acceptors (Lipinski definition) is 5. The Kier molecular flexibility index (Phi) is 5.89. The number of piperazine rings is 1. The molecule has 0 bridgehead atoms. The molecule has 0 spiro atoms. The van der Waals surface area contributed by atoms with Crippen LogP contribution in [0.2, 0.25) is 0 Å². The second-order valence-electron chi connectivity index (χ2n) is 6.54. The van der Waals surface area contributed by atoms with E-state index in [9.17, 15) is 8.42 Å². The van der Waals surface area contributed by atoms with Crippen molar-refractivity contribution in [2.45, 2.75) is 37.6 Å². The van der Waals surface area contributed by atoms with E-state index in [4.69, 9.17) is 0 Å². The molecule has 7 heteroatoms. The van der Waals surface area contributed by atoms with Gasteiger partial charge in [-0.05, 0) is 30.0 Å². The van der Waals surface area contributed by atoms with Crippen LogP contribution in [0.4, 0.5) is 0 Å². The van der Waals surface area contributed by atoms with Crippen LogP contribution in [0.1, 0.15) is 37.4 Å². The first-order valence-corrected chi connectivity index (χ1v) is 11.1. The molecular weight excluding hydrogens is 354 g/mol. The Bertz CT molecular complexity index is 765. The van der Waals surface area contributed by atoms with Crippen LogP contribution in [0, 0.1) is 0 Å². The zero-order valence-corrected chi connectivity index (χ0v) is 16.4. The summed E-state index contributed by atoms with van der Waals surface area (Å²) in [4.78, 5) is 6.95. The van der Waals surface area contributed by atoms with Gasteiger partial charge in [-0.1, -0.05) is 26.0 Å². The standard InChI is InChI=1S/C18H25N3O2S2/c1-3-15(2)16-4-6-18(7-5-16)25(22,23)21-10-8-20(9-11-21)12-17-13-24-14-19-17/h4-7,13-15H,3,8-12H2,1-2H3/t15-/m1/s1. The predicted molar refractivity (Wildman–Crippen MR) is 101 cm³/mol. The van der Waals surface area contributed by atoms with Crippen LogP contribution < -0.4 is 0 Å². The lowest BCUT2D eigenvalue weighted by molar-refractivity contribution is 0.180. The number of rotatable bonds is 6. The summed E-state index contributed by atoms with van der Waals surface area (Å²) < 4.78 is 27.3. The van der Waals surface area contributed by atoms with Gasteiger partial charge in [0.05, 0.1) is 16.1 Å². The third kappa shape index (κ3) is 4.28. The Morgan fingerprint density at radius 1 is 1.16 bits per heavy atom. The monoisotopic (exact) mass is 379 g/mol. The van der Waals surface area contributed by atoms with Crippen LogP contribution in [0.3, 0.4) is 0 Å². The Labute approximate surface area is 154 Å². The van der Waals surface area contributed by atoms with Gasteiger partial charge in [0.25, 0.3) is 0 Å².